The van der Waals surface area contributed by atoms with Crippen LogP contribution < -0.4 is 0 Å². The van der Waals surface area contributed by atoms with Crippen LogP contribution in [0.4, 0.5) is 4.79 Å². The molecular formula is C30H55NO5Si2. The molecule has 1 saturated heterocycles. The third-order valence-corrected chi connectivity index (χ3v) is 17.5. The van der Waals surface area contributed by atoms with Gasteiger partial charge in [-0.1, -0.05) is 71.9 Å². The van der Waals surface area contributed by atoms with Crippen molar-refractivity contribution in [2.45, 2.75) is 135 Å². The van der Waals surface area contributed by atoms with Crippen LogP contribution in [0.25, 0.3) is 0 Å². The molecule has 0 aromatic heterocycles. The second kappa shape index (κ2) is 12.1. The van der Waals surface area contributed by atoms with E-state index in [9.17, 15) is 4.79 Å². The van der Waals surface area contributed by atoms with Crippen molar-refractivity contribution in [2.75, 3.05) is 13.2 Å². The maximum absolute atomic E-state index is 13.7. The lowest BCUT2D eigenvalue weighted by Gasteiger charge is -2.40. The van der Waals surface area contributed by atoms with Crippen molar-refractivity contribution in [3.63, 3.8) is 0 Å². The highest BCUT2D eigenvalue weighted by Crippen LogP contribution is 2.40. The molecule has 0 aliphatic carbocycles. The summed E-state index contributed by atoms with van der Waals surface area (Å²) in [4.78, 5) is 15.6. The maximum Gasteiger partial charge on any atom is 0.411 e. The van der Waals surface area contributed by atoms with E-state index in [0.29, 0.717) is 26.2 Å². The first kappa shape index (κ1) is 33.0. The Kier molecular flexibility index (Phi) is 10.5. The molecule has 218 valence electrons. The number of amides is 1. The average molecular weight is 566 g/mol. The quantitative estimate of drug-likeness (QED) is 0.284. The van der Waals surface area contributed by atoms with E-state index in [4.69, 9.17) is 18.3 Å². The first-order valence-corrected chi connectivity index (χ1v) is 19.9. The standard InChI is InChI=1S/C30H55NO5Si2/c1-28(2,3)36-27(32)31-24(21-34-37(10,11)29(4,5)6)19-26(33-20-23-17-15-14-16-18-23)25(31)22-35-38(12,13)30(7,8)9/h14-18,24-26H,19-22H2,1-13H3/t24-,25-,26+/m1/s1. The Morgan fingerprint density at radius 1 is 0.842 bits per heavy atom. The molecule has 1 amide bonds. The molecule has 6 nitrogen and oxygen atoms in total. The molecule has 1 aromatic carbocycles. The van der Waals surface area contributed by atoms with Crippen LogP contribution in [0.2, 0.25) is 36.3 Å². The molecule has 0 N–H and O–H groups in total. The fraction of sp³-hybridized carbons (Fsp3) is 0.767. The average Bonchev–Trinajstić information content (AvgIpc) is 3.10. The van der Waals surface area contributed by atoms with Crippen LogP contribution in [0, 0.1) is 0 Å². The minimum atomic E-state index is -2.05. The topological polar surface area (TPSA) is 57.2 Å². The summed E-state index contributed by atoms with van der Waals surface area (Å²) in [5.74, 6) is 0. The molecule has 1 aliphatic heterocycles. The van der Waals surface area contributed by atoms with Gasteiger partial charge in [0, 0.05) is 0 Å². The Labute approximate surface area is 235 Å². The second-order valence-corrected chi connectivity index (χ2v) is 24.4. The van der Waals surface area contributed by atoms with E-state index < -0.39 is 22.2 Å². The Morgan fingerprint density at radius 2 is 1.34 bits per heavy atom. The van der Waals surface area contributed by atoms with Gasteiger partial charge in [0.1, 0.15) is 5.60 Å². The van der Waals surface area contributed by atoms with Crippen molar-refractivity contribution in [1.29, 1.82) is 0 Å². The SMILES string of the molecule is CC(C)(C)OC(=O)N1[C@@H](CO[Si](C)(C)C(C)(C)C)C[C@H](OCc2ccccc2)[C@H]1CO[Si](C)(C)C(C)(C)C. The first-order valence-electron chi connectivity index (χ1n) is 14.1. The van der Waals surface area contributed by atoms with Crippen molar-refractivity contribution in [1.82, 2.24) is 4.90 Å². The zero-order chi connectivity index (χ0) is 29.2. The highest BCUT2D eigenvalue weighted by molar-refractivity contribution is 6.74. The number of hydrogen-bond donors (Lipinski definition) is 0. The highest BCUT2D eigenvalue weighted by atomic mass is 28.4. The van der Waals surface area contributed by atoms with Gasteiger partial charge in [0.15, 0.2) is 16.6 Å². The van der Waals surface area contributed by atoms with E-state index in [0.717, 1.165) is 5.56 Å². The lowest BCUT2D eigenvalue weighted by molar-refractivity contribution is -0.0205. The number of nitrogens with zero attached hydrogens (tertiary/aromatic N) is 1. The molecule has 0 spiro atoms. The molecule has 0 radical (unpaired) electrons. The summed E-state index contributed by atoms with van der Waals surface area (Å²) in [6.45, 7) is 29.5. The van der Waals surface area contributed by atoms with Gasteiger partial charge in [-0.05, 0) is 69.0 Å². The Bertz CT molecular complexity index is 900. The van der Waals surface area contributed by atoms with Gasteiger partial charge in [-0.3, -0.25) is 4.90 Å². The molecule has 38 heavy (non-hydrogen) atoms. The Hall–Kier alpha value is -1.20. The number of benzene rings is 1. The zero-order valence-corrected chi connectivity index (χ0v) is 28.4. The maximum atomic E-state index is 13.7. The molecule has 3 atom stereocenters. The summed E-state index contributed by atoms with van der Waals surface area (Å²) in [6, 6.07) is 9.79. The minimum absolute atomic E-state index is 0.0631. The normalized spacial score (nSPS) is 21.6. The molecule has 2 rings (SSSR count). The third kappa shape index (κ3) is 8.91. The van der Waals surface area contributed by atoms with E-state index in [2.05, 4.69) is 79.9 Å². The second-order valence-electron chi connectivity index (χ2n) is 14.8. The Balaban J connectivity index is 2.38. The van der Waals surface area contributed by atoms with E-state index in [1.165, 1.54) is 0 Å². The number of likely N-dealkylation sites (tertiary alicyclic amines) is 1. The van der Waals surface area contributed by atoms with Crippen molar-refractivity contribution < 1.29 is 23.1 Å². The molecule has 1 fully saturated rings. The van der Waals surface area contributed by atoms with E-state index in [-0.39, 0.29) is 34.4 Å². The number of rotatable bonds is 9. The van der Waals surface area contributed by atoms with E-state index in [1.807, 2.05) is 43.9 Å². The van der Waals surface area contributed by atoms with Crippen LogP contribution in [0.3, 0.4) is 0 Å². The predicted molar refractivity (Wildman–Crippen MR) is 162 cm³/mol. The highest BCUT2D eigenvalue weighted by Gasteiger charge is 2.49. The van der Waals surface area contributed by atoms with Gasteiger partial charge in [0.25, 0.3) is 0 Å². The summed E-state index contributed by atoms with van der Waals surface area (Å²) in [5.41, 5.74) is 0.511. The van der Waals surface area contributed by atoms with Gasteiger partial charge in [-0.25, -0.2) is 4.79 Å². The van der Waals surface area contributed by atoms with E-state index in [1.54, 1.807) is 0 Å². The van der Waals surface area contributed by atoms with Crippen molar-refractivity contribution in [3.05, 3.63) is 35.9 Å². The van der Waals surface area contributed by atoms with Crippen LogP contribution in [-0.4, -0.2) is 64.6 Å². The van der Waals surface area contributed by atoms with Crippen LogP contribution >= 0.6 is 0 Å². The van der Waals surface area contributed by atoms with Crippen LogP contribution in [0.1, 0.15) is 74.3 Å². The molecule has 0 saturated carbocycles. The number of ether oxygens (including phenoxy) is 2. The van der Waals surface area contributed by atoms with Gasteiger partial charge < -0.3 is 18.3 Å². The minimum Gasteiger partial charge on any atom is -0.444 e. The third-order valence-electron chi connectivity index (χ3n) is 8.46. The van der Waals surface area contributed by atoms with Gasteiger partial charge in [-0.15, -0.1) is 0 Å². The van der Waals surface area contributed by atoms with Gasteiger partial charge in [-0.2, -0.15) is 0 Å². The van der Waals surface area contributed by atoms with Crippen LogP contribution in [0.15, 0.2) is 30.3 Å². The predicted octanol–water partition coefficient (Wildman–Crippen LogP) is 7.99. The molecule has 0 bridgehead atoms. The van der Waals surface area contributed by atoms with Crippen LogP contribution in [0.5, 0.6) is 0 Å². The zero-order valence-electron chi connectivity index (χ0n) is 26.4. The number of hydrogen-bond acceptors (Lipinski definition) is 5. The lowest BCUT2D eigenvalue weighted by Crippen LogP contribution is -2.52. The summed E-state index contributed by atoms with van der Waals surface area (Å²) < 4.78 is 25.8. The molecule has 1 aromatic rings. The summed E-state index contributed by atoms with van der Waals surface area (Å²) in [6.07, 6.45) is 0.183. The van der Waals surface area contributed by atoms with Crippen molar-refractivity contribution in [3.8, 4) is 0 Å². The monoisotopic (exact) mass is 565 g/mol. The Morgan fingerprint density at radius 3 is 1.82 bits per heavy atom. The molecular weight excluding hydrogens is 511 g/mol. The largest absolute Gasteiger partial charge is 0.444 e. The molecule has 8 heteroatoms. The van der Waals surface area contributed by atoms with Crippen LogP contribution in [-0.2, 0) is 24.9 Å². The van der Waals surface area contributed by atoms with Gasteiger partial charge in [0.2, 0.25) is 0 Å². The molecule has 1 heterocycles. The molecule has 0 unspecified atom stereocenters. The number of carbonyl (C=O) groups excluding carboxylic acids is 1. The summed E-state index contributed by atoms with van der Waals surface area (Å²) in [7, 11) is -4.07. The fourth-order valence-corrected chi connectivity index (χ4v) is 5.97. The first-order chi connectivity index (χ1) is 17.1. The molecule has 1 aliphatic rings. The fourth-order valence-electron chi connectivity index (χ4n) is 3.91. The van der Waals surface area contributed by atoms with Crippen molar-refractivity contribution in [2.24, 2.45) is 0 Å². The van der Waals surface area contributed by atoms with E-state index >= 15 is 0 Å². The van der Waals surface area contributed by atoms with Gasteiger partial charge in [0.05, 0.1) is 38.0 Å². The smallest absolute Gasteiger partial charge is 0.411 e. The number of carbonyl (C=O) groups is 1. The lowest BCUT2D eigenvalue weighted by atomic mass is 10.1. The summed E-state index contributed by atoms with van der Waals surface area (Å²) in [5, 5.41) is 0.143. The summed E-state index contributed by atoms with van der Waals surface area (Å²) >= 11 is 0. The van der Waals surface area contributed by atoms with Crippen molar-refractivity contribution >= 4 is 22.7 Å². The van der Waals surface area contributed by atoms with Gasteiger partial charge >= 0.3 is 6.09 Å².